The van der Waals surface area contributed by atoms with Crippen molar-refractivity contribution >= 4 is 35.0 Å². The average Bonchev–Trinajstić information content (AvgIpc) is 3.70. The van der Waals surface area contributed by atoms with E-state index in [9.17, 15) is 0 Å². The van der Waals surface area contributed by atoms with Gasteiger partial charge in [-0.15, -0.1) is 0 Å². The number of Topliss-reactive ketones (excluding diaryl/α,β-unsaturated/α-hetero) is 1. The summed E-state index contributed by atoms with van der Waals surface area (Å²) in [6.07, 6.45) is 8.63. The van der Waals surface area contributed by atoms with Crippen LogP contribution >= 0.6 is 0 Å². The van der Waals surface area contributed by atoms with Gasteiger partial charge >= 0.3 is 0 Å². The van der Waals surface area contributed by atoms with Gasteiger partial charge in [0.2, 0.25) is 0 Å². The maximum Gasteiger partial charge on any atom is 0.169 e. The van der Waals surface area contributed by atoms with Crippen LogP contribution < -0.4 is 10.4 Å². The van der Waals surface area contributed by atoms with Gasteiger partial charge in [-0.3, -0.25) is 4.79 Å². The molecular formula is C39H44OSi. The first-order valence-corrected chi connectivity index (χ1v) is 18.1. The largest absolute Gasteiger partial charge is 0.294 e. The Bertz CT molecular complexity index is 1510. The molecule has 2 heteroatoms. The summed E-state index contributed by atoms with van der Waals surface area (Å²) in [5.41, 5.74) is 0.762. The van der Waals surface area contributed by atoms with E-state index in [4.69, 9.17) is 0 Å². The van der Waals surface area contributed by atoms with E-state index in [2.05, 4.69) is 124 Å². The third-order valence-corrected chi connectivity index (χ3v) is 18.2. The zero-order chi connectivity index (χ0) is 28.3. The van der Waals surface area contributed by atoms with E-state index in [1.807, 2.05) is 0 Å². The molecule has 4 aliphatic rings. The van der Waals surface area contributed by atoms with Crippen LogP contribution in [-0.2, 0) is 0 Å². The lowest BCUT2D eigenvalue weighted by Crippen LogP contribution is -2.68. The fourth-order valence-corrected chi connectivity index (χ4v) is 16.3. The highest BCUT2D eigenvalue weighted by Gasteiger charge is 2.73. The van der Waals surface area contributed by atoms with Crippen molar-refractivity contribution in [3.8, 4) is 0 Å². The minimum absolute atomic E-state index is 0.0576. The predicted octanol–water partition coefficient (Wildman–Crippen LogP) is 9.06. The Morgan fingerprint density at radius 1 is 0.732 bits per heavy atom. The van der Waals surface area contributed by atoms with E-state index in [-0.39, 0.29) is 15.9 Å². The number of carbonyl (C=O) groups is 1. The predicted molar refractivity (Wildman–Crippen MR) is 175 cm³/mol. The third-order valence-electron chi connectivity index (χ3n) is 11.9. The topological polar surface area (TPSA) is 17.1 Å². The van der Waals surface area contributed by atoms with E-state index < -0.39 is 8.07 Å². The SMILES string of the molecule is CC(C)(C)[Si](C[C@]1(C2CCCC2)CC2CC1(C(=O)c1ccc3ccccc3c1)C2)(c1ccccc1)c1ccccc1. The minimum Gasteiger partial charge on any atom is -0.294 e. The second-order valence-corrected chi connectivity index (χ2v) is 19.5. The highest BCUT2D eigenvalue weighted by atomic mass is 28.3. The van der Waals surface area contributed by atoms with Gasteiger partial charge in [-0.25, -0.2) is 0 Å². The Morgan fingerprint density at radius 3 is 1.88 bits per heavy atom. The fourth-order valence-electron chi connectivity index (χ4n) is 10.0. The highest BCUT2D eigenvalue weighted by molar-refractivity contribution is 7.04. The average molecular weight is 557 g/mol. The van der Waals surface area contributed by atoms with Crippen LogP contribution in [0.2, 0.25) is 11.1 Å². The molecule has 210 valence electrons. The number of rotatable bonds is 7. The van der Waals surface area contributed by atoms with Gasteiger partial charge in [-0.05, 0) is 77.3 Å². The highest BCUT2D eigenvalue weighted by Crippen LogP contribution is 2.76. The van der Waals surface area contributed by atoms with Crippen LogP contribution in [0.3, 0.4) is 0 Å². The van der Waals surface area contributed by atoms with Crippen LogP contribution in [0.5, 0.6) is 0 Å². The second-order valence-electron chi connectivity index (χ2n) is 14.7. The first kappa shape index (κ1) is 26.9. The van der Waals surface area contributed by atoms with Crippen LogP contribution in [0.1, 0.15) is 76.1 Å². The van der Waals surface area contributed by atoms with Gasteiger partial charge in [-0.1, -0.05) is 141 Å². The summed E-state index contributed by atoms with van der Waals surface area (Å²) < 4.78 is 0. The smallest absolute Gasteiger partial charge is 0.169 e. The maximum atomic E-state index is 15.0. The molecule has 0 radical (unpaired) electrons. The van der Waals surface area contributed by atoms with Gasteiger partial charge in [-0.2, -0.15) is 0 Å². The van der Waals surface area contributed by atoms with E-state index in [1.54, 1.807) is 0 Å². The van der Waals surface area contributed by atoms with Crippen LogP contribution in [0.25, 0.3) is 10.8 Å². The maximum absolute atomic E-state index is 15.0. The molecule has 0 N–H and O–H groups in total. The summed E-state index contributed by atoms with van der Waals surface area (Å²) in [6, 6.07) is 39.2. The molecule has 4 fully saturated rings. The van der Waals surface area contributed by atoms with Gasteiger partial charge in [0.25, 0.3) is 0 Å². The first-order valence-electron chi connectivity index (χ1n) is 15.9. The Kier molecular flexibility index (Phi) is 6.43. The van der Waals surface area contributed by atoms with Gasteiger partial charge in [0, 0.05) is 11.0 Å². The number of ketones is 1. The summed E-state index contributed by atoms with van der Waals surface area (Å²) in [5.74, 6) is 1.78. The van der Waals surface area contributed by atoms with Crippen molar-refractivity contribution in [2.75, 3.05) is 0 Å². The van der Waals surface area contributed by atoms with E-state index in [0.29, 0.717) is 17.6 Å². The number of carbonyl (C=O) groups excluding carboxylic acids is 1. The third kappa shape index (κ3) is 3.97. The Labute approximate surface area is 247 Å². The van der Waals surface area contributed by atoms with Gasteiger partial charge < -0.3 is 0 Å². The zero-order valence-corrected chi connectivity index (χ0v) is 26.0. The van der Waals surface area contributed by atoms with E-state index in [0.717, 1.165) is 18.4 Å². The van der Waals surface area contributed by atoms with Crippen molar-refractivity contribution in [1.82, 2.24) is 0 Å². The quantitative estimate of drug-likeness (QED) is 0.164. The molecule has 41 heavy (non-hydrogen) atoms. The molecule has 0 aromatic heterocycles. The molecule has 0 unspecified atom stereocenters. The Hall–Kier alpha value is -2.97. The van der Waals surface area contributed by atoms with Crippen molar-refractivity contribution in [1.29, 1.82) is 0 Å². The van der Waals surface area contributed by atoms with Crippen molar-refractivity contribution in [2.45, 2.75) is 76.8 Å². The van der Waals surface area contributed by atoms with Gasteiger partial charge in [0.15, 0.2) is 5.78 Å². The van der Waals surface area contributed by atoms with Crippen molar-refractivity contribution in [3.05, 3.63) is 109 Å². The molecule has 2 bridgehead atoms. The molecule has 0 heterocycles. The van der Waals surface area contributed by atoms with Crippen molar-refractivity contribution in [2.24, 2.45) is 22.7 Å². The molecule has 0 spiro atoms. The van der Waals surface area contributed by atoms with Gasteiger partial charge in [0.05, 0.1) is 0 Å². The number of hydrogen-bond acceptors (Lipinski definition) is 1. The Morgan fingerprint density at radius 2 is 1.29 bits per heavy atom. The number of hydrogen-bond donors (Lipinski definition) is 0. The summed E-state index contributed by atoms with van der Waals surface area (Å²) in [5, 5.41) is 5.57. The molecule has 8 rings (SSSR count). The molecule has 0 aliphatic heterocycles. The Balaban J connectivity index is 1.43. The monoisotopic (exact) mass is 556 g/mol. The summed E-state index contributed by atoms with van der Waals surface area (Å²) >= 11 is 0. The lowest BCUT2D eigenvalue weighted by molar-refractivity contribution is 0.0114. The fraction of sp³-hybridized carbons (Fsp3) is 0.410. The molecule has 1 nitrogen and oxygen atoms in total. The van der Waals surface area contributed by atoms with Crippen LogP contribution in [0.15, 0.2) is 103 Å². The standard InChI is InChI=1S/C39H44OSi/c1-37(2,3)41(34-18-6-4-7-19-34,35-20-8-5-9-21-35)28-39(33-16-12-13-17-33)27-29-25-38(39,26-29)36(40)32-23-22-30-14-10-11-15-31(30)24-32/h4-11,14-15,18-24,29,33H,12-13,16-17,25-28H2,1-3H3/t29?,38?,39-/m0/s1. The first-order chi connectivity index (χ1) is 19.8. The molecule has 4 saturated carbocycles. The van der Waals surface area contributed by atoms with E-state index >= 15 is 4.79 Å². The van der Waals surface area contributed by atoms with Crippen molar-refractivity contribution in [3.63, 3.8) is 0 Å². The summed E-state index contributed by atoms with van der Waals surface area (Å²) in [7, 11) is -2.36. The molecule has 0 saturated heterocycles. The molecule has 4 aromatic rings. The molecule has 4 aliphatic carbocycles. The second kappa shape index (κ2) is 9.80. The summed E-state index contributed by atoms with van der Waals surface area (Å²) in [4.78, 5) is 15.0. The lowest BCUT2D eigenvalue weighted by Gasteiger charge is -2.56. The number of benzene rings is 4. The van der Waals surface area contributed by atoms with Crippen LogP contribution in [0.4, 0.5) is 0 Å². The molecular weight excluding hydrogens is 513 g/mol. The van der Waals surface area contributed by atoms with E-state index in [1.165, 1.54) is 59.3 Å². The lowest BCUT2D eigenvalue weighted by atomic mass is 9.53. The molecule has 0 amide bonds. The molecule has 4 aromatic carbocycles. The van der Waals surface area contributed by atoms with Crippen LogP contribution in [-0.4, -0.2) is 13.9 Å². The summed E-state index contributed by atoms with van der Waals surface area (Å²) in [6.45, 7) is 7.50. The molecule has 1 atom stereocenters. The zero-order valence-electron chi connectivity index (χ0n) is 25.0. The van der Waals surface area contributed by atoms with Crippen molar-refractivity contribution < 1.29 is 4.79 Å². The van der Waals surface area contributed by atoms with Gasteiger partial charge in [0.1, 0.15) is 8.07 Å². The minimum atomic E-state index is -2.36. The normalized spacial score (nSPS) is 26.3. The number of fused-ring (bicyclic) bond motifs is 2. The van der Waals surface area contributed by atoms with Crippen LogP contribution in [0, 0.1) is 22.7 Å².